The van der Waals surface area contributed by atoms with E-state index in [1.54, 1.807) is 12.3 Å². The van der Waals surface area contributed by atoms with Crippen LogP contribution in [0, 0.1) is 5.95 Å². The van der Waals surface area contributed by atoms with Crippen LogP contribution in [0.5, 0.6) is 5.75 Å². The van der Waals surface area contributed by atoms with Crippen molar-refractivity contribution < 1.29 is 9.13 Å². The van der Waals surface area contributed by atoms with Gasteiger partial charge in [0.1, 0.15) is 12.4 Å². The second kappa shape index (κ2) is 9.33. The molecule has 0 saturated heterocycles. The van der Waals surface area contributed by atoms with Gasteiger partial charge in [0.05, 0.1) is 0 Å². The molecule has 1 aromatic heterocycles. The van der Waals surface area contributed by atoms with E-state index in [0.29, 0.717) is 6.61 Å². The molecule has 0 fully saturated rings. The third kappa shape index (κ3) is 4.56. The fraction of sp³-hybridized carbons (Fsp3) is 0.179. The van der Waals surface area contributed by atoms with E-state index in [1.165, 1.54) is 17.2 Å². The van der Waals surface area contributed by atoms with Crippen molar-refractivity contribution >= 4 is 0 Å². The molecule has 3 aromatic carbocycles. The van der Waals surface area contributed by atoms with E-state index in [0.717, 1.165) is 42.0 Å². The van der Waals surface area contributed by atoms with Crippen LogP contribution in [0.25, 0.3) is 11.1 Å². The highest BCUT2D eigenvalue weighted by Gasteiger charge is 2.28. The largest absolute Gasteiger partial charge is 0.492 e. The molecule has 0 aliphatic carbocycles. The third-order valence-corrected chi connectivity index (χ3v) is 6.02. The molecular formula is C28H25FN2O. The lowest BCUT2D eigenvalue weighted by Crippen LogP contribution is -2.42. The summed E-state index contributed by atoms with van der Waals surface area (Å²) in [7, 11) is 0. The number of nitrogens with zero attached hydrogens (tertiary/aromatic N) is 2. The van der Waals surface area contributed by atoms with Gasteiger partial charge in [-0.1, -0.05) is 72.8 Å². The van der Waals surface area contributed by atoms with Crippen LogP contribution in [0.15, 0.2) is 97.2 Å². The van der Waals surface area contributed by atoms with Crippen LogP contribution in [0.1, 0.15) is 16.7 Å². The number of fused-ring (bicyclic) bond motifs is 1. The van der Waals surface area contributed by atoms with Gasteiger partial charge in [0.15, 0.2) is 0 Å². The molecular weight excluding hydrogens is 399 g/mol. The second-order valence-corrected chi connectivity index (χ2v) is 8.20. The van der Waals surface area contributed by atoms with E-state index in [1.807, 2.05) is 24.3 Å². The van der Waals surface area contributed by atoms with Gasteiger partial charge in [-0.05, 0) is 41.3 Å². The van der Waals surface area contributed by atoms with Crippen LogP contribution in [-0.2, 0) is 19.5 Å². The molecule has 4 heteroatoms. The SMILES string of the molecule is Fc1ccc(-c2cccc3c2C[C@H](N(Cc2ccccc2)Cc2ccccc2)CO3)cn1. The second-order valence-electron chi connectivity index (χ2n) is 8.20. The van der Waals surface area contributed by atoms with Gasteiger partial charge in [-0.25, -0.2) is 4.98 Å². The van der Waals surface area contributed by atoms with Gasteiger partial charge >= 0.3 is 0 Å². The fourth-order valence-corrected chi connectivity index (χ4v) is 4.38. The average Bonchev–Trinajstić information content (AvgIpc) is 2.85. The monoisotopic (exact) mass is 424 g/mol. The highest BCUT2D eigenvalue weighted by atomic mass is 19.1. The number of hydrogen-bond acceptors (Lipinski definition) is 3. The number of pyridine rings is 1. The van der Waals surface area contributed by atoms with Gasteiger partial charge in [0, 0.05) is 36.5 Å². The first-order chi connectivity index (χ1) is 15.8. The summed E-state index contributed by atoms with van der Waals surface area (Å²) in [6, 6.07) is 30.6. The fourth-order valence-electron chi connectivity index (χ4n) is 4.38. The van der Waals surface area contributed by atoms with Crippen molar-refractivity contribution in [2.45, 2.75) is 25.6 Å². The predicted octanol–water partition coefficient (Wildman–Crippen LogP) is 5.89. The lowest BCUT2D eigenvalue weighted by molar-refractivity contribution is 0.106. The van der Waals surface area contributed by atoms with Crippen molar-refractivity contribution in [3.63, 3.8) is 0 Å². The normalized spacial score (nSPS) is 15.2. The van der Waals surface area contributed by atoms with Crippen molar-refractivity contribution in [2.75, 3.05) is 6.61 Å². The van der Waals surface area contributed by atoms with Gasteiger partial charge in [-0.2, -0.15) is 4.39 Å². The maximum Gasteiger partial charge on any atom is 0.212 e. The third-order valence-electron chi connectivity index (χ3n) is 6.02. The van der Waals surface area contributed by atoms with E-state index in [-0.39, 0.29) is 6.04 Å². The Morgan fingerprint density at radius 2 is 1.50 bits per heavy atom. The summed E-state index contributed by atoms with van der Waals surface area (Å²) in [5, 5.41) is 0. The molecule has 1 atom stereocenters. The topological polar surface area (TPSA) is 25.4 Å². The minimum absolute atomic E-state index is 0.220. The van der Waals surface area contributed by atoms with Gasteiger partial charge in [-0.15, -0.1) is 0 Å². The summed E-state index contributed by atoms with van der Waals surface area (Å²) in [6.45, 7) is 2.33. The van der Waals surface area contributed by atoms with E-state index >= 15 is 0 Å². The zero-order chi connectivity index (χ0) is 21.8. The molecule has 2 heterocycles. The van der Waals surface area contributed by atoms with Crippen LogP contribution >= 0.6 is 0 Å². The Labute approximate surface area is 188 Å². The lowest BCUT2D eigenvalue weighted by Gasteiger charge is -2.36. The number of ether oxygens (including phenoxy) is 1. The first-order valence-corrected chi connectivity index (χ1v) is 10.9. The maximum atomic E-state index is 13.4. The van der Waals surface area contributed by atoms with Crippen LogP contribution in [0.3, 0.4) is 0 Å². The van der Waals surface area contributed by atoms with E-state index in [4.69, 9.17) is 4.74 Å². The number of aromatic nitrogens is 1. The average molecular weight is 425 g/mol. The van der Waals surface area contributed by atoms with Crippen molar-refractivity contribution in [1.82, 2.24) is 9.88 Å². The number of benzene rings is 3. The minimum Gasteiger partial charge on any atom is -0.492 e. The Morgan fingerprint density at radius 3 is 2.12 bits per heavy atom. The molecule has 0 spiro atoms. The Bertz CT molecular complexity index is 1120. The van der Waals surface area contributed by atoms with E-state index in [2.05, 4.69) is 64.5 Å². The Balaban J connectivity index is 1.46. The van der Waals surface area contributed by atoms with Crippen LogP contribution in [-0.4, -0.2) is 22.5 Å². The molecule has 0 N–H and O–H groups in total. The highest BCUT2D eigenvalue weighted by Crippen LogP contribution is 2.35. The maximum absolute atomic E-state index is 13.4. The van der Waals surface area contributed by atoms with E-state index in [9.17, 15) is 4.39 Å². The highest BCUT2D eigenvalue weighted by molar-refractivity contribution is 5.70. The van der Waals surface area contributed by atoms with Crippen LogP contribution in [0.2, 0.25) is 0 Å². The molecule has 0 unspecified atom stereocenters. The zero-order valence-electron chi connectivity index (χ0n) is 17.8. The molecule has 5 rings (SSSR count). The Kier molecular flexibility index (Phi) is 5.95. The van der Waals surface area contributed by atoms with Crippen molar-refractivity contribution in [3.8, 4) is 16.9 Å². The van der Waals surface area contributed by atoms with Crippen molar-refractivity contribution in [2.24, 2.45) is 0 Å². The lowest BCUT2D eigenvalue weighted by atomic mass is 9.92. The van der Waals surface area contributed by atoms with Gasteiger partial charge in [0.25, 0.3) is 0 Å². The van der Waals surface area contributed by atoms with Gasteiger partial charge in [0.2, 0.25) is 5.95 Å². The molecule has 32 heavy (non-hydrogen) atoms. The molecule has 1 aliphatic heterocycles. The first kappa shape index (κ1) is 20.4. The predicted molar refractivity (Wildman–Crippen MR) is 125 cm³/mol. The smallest absolute Gasteiger partial charge is 0.212 e. The summed E-state index contributed by atoms with van der Waals surface area (Å²) in [5.41, 5.74) is 5.68. The number of halogens is 1. The van der Waals surface area contributed by atoms with Crippen molar-refractivity contribution in [3.05, 3.63) is 120 Å². The quantitative estimate of drug-likeness (QED) is 0.361. The van der Waals surface area contributed by atoms with Crippen LogP contribution in [0.4, 0.5) is 4.39 Å². The summed E-state index contributed by atoms with van der Waals surface area (Å²) in [4.78, 5) is 6.35. The summed E-state index contributed by atoms with van der Waals surface area (Å²) >= 11 is 0. The molecule has 0 bridgehead atoms. The van der Waals surface area contributed by atoms with Gasteiger partial charge in [-0.3, -0.25) is 4.90 Å². The van der Waals surface area contributed by atoms with Gasteiger partial charge < -0.3 is 4.74 Å². The molecule has 1 aliphatic rings. The molecule has 160 valence electrons. The van der Waals surface area contributed by atoms with Crippen molar-refractivity contribution in [1.29, 1.82) is 0 Å². The molecule has 0 amide bonds. The molecule has 0 saturated carbocycles. The zero-order valence-corrected chi connectivity index (χ0v) is 17.8. The number of hydrogen-bond donors (Lipinski definition) is 0. The molecule has 3 nitrogen and oxygen atoms in total. The Morgan fingerprint density at radius 1 is 0.812 bits per heavy atom. The molecule has 0 radical (unpaired) electrons. The molecule has 4 aromatic rings. The standard InChI is InChI=1S/C28H25FN2O/c29-28-15-14-23(17-30-28)25-12-7-13-27-26(25)16-24(20-32-27)31(18-21-8-3-1-4-9-21)19-22-10-5-2-6-11-22/h1-15,17,24H,16,18-20H2/t24-/m0/s1. The number of rotatable bonds is 6. The summed E-state index contributed by atoms with van der Waals surface area (Å²) < 4.78 is 19.6. The first-order valence-electron chi connectivity index (χ1n) is 10.9. The Hall–Kier alpha value is -3.50. The van der Waals surface area contributed by atoms with Crippen LogP contribution < -0.4 is 4.74 Å². The minimum atomic E-state index is -0.468. The van der Waals surface area contributed by atoms with E-state index < -0.39 is 5.95 Å². The summed E-state index contributed by atoms with van der Waals surface area (Å²) in [5.74, 6) is 0.437. The summed E-state index contributed by atoms with van der Waals surface area (Å²) in [6.07, 6.45) is 2.46.